The van der Waals surface area contributed by atoms with Crippen LogP contribution in [0.25, 0.3) is 5.69 Å². The van der Waals surface area contributed by atoms with Crippen LogP contribution in [0.1, 0.15) is 86.6 Å². The van der Waals surface area contributed by atoms with E-state index < -0.39 is 0 Å². The third-order valence-corrected chi connectivity index (χ3v) is 7.37. The molecule has 0 unspecified atom stereocenters. The highest BCUT2D eigenvalue weighted by Crippen LogP contribution is 2.43. The van der Waals surface area contributed by atoms with Crippen LogP contribution in [-0.2, 0) is 0 Å². The van der Waals surface area contributed by atoms with Gasteiger partial charge in [-0.1, -0.05) is 43.7 Å². The quantitative estimate of drug-likeness (QED) is 0.543. The number of hydrogen-bond donors (Lipinski definition) is 0. The molecule has 0 N–H and O–H groups in total. The number of aromatic nitrogens is 1. The summed E-state index contributed by atoms with van der Waals surface area (Å²) in [7, 11) is 3.28. The highest BCUT2D eigenvalue weighted by molar-refractivity contribution is 6.34. The average Bonchev–Trinajstić information content (AvgIpc) is 3.31. The Hall–Kier alpha value is -1.94. The van der Waals surface area contributed by atoms with Crippen LogP contribution in [0.3, 0.4) is 0 Å². The van der Waals surface area contributed by atoms with Gasteiger partial charge in [0.25, 0.3) is 0 Å². The highest BCUT2D eigenvalue weighted by Gasteiger charge is 2.29. The lowest BCUT2D eigenvalue weighted by molar-refractivity contribution is 0.393. The molecule has 2 aliphatic rings. The van der Waals surface area contributed by atoms with E-state index in [-0.39, 0.29) is 5.43 Å². The molecule has 2 fully saturated rings. The molecule has 4 rings (SSSR count). The molecule has 30 heavy (non-hydrogen) atoms. The Morgan fingerprint density at radius 1 is 0.900 bits per heavy atom. The molecule has 0 aliphatic heterocycles. The molecule has 1 aromatic heterocycles. The molecule has 2 aliphatic carbocycles. The Morgan fingerprint density at radius 2 is 1.53 bits per heavy atom. The molecule has 5 heteroatoms. The number of nitrogens with zero attached hydrogens (tertiary/aromatic N) is 1. The first-order chi connectivity index (χ1) is 14.5. The lowest BCUT2D eigenvalue weighted by Gasteiger charge is -2.31. The summed E-state index contributed by atoms with van der Waals surface area (Å²) in [6.45, 7) is 1.98. The molecule has 162 valence electrons. The van der Waals surface area contributed by atoms with Crippen molar-refractivity contribution in [3.8, 4) is 17.2 Å². The van der Waals surface area contributed by atoms with Crippen molar-refractivity contribution in [1.29, 1.82) is 0 Å². The van der Waals surface area contributed by atoms with Crippen LogP contribution in [0, 0.1) is 6.92 Å². The predicted octanol–water partition coefficient (Wildman–Crippen LogP) is 6.52. The Labute approximate surface area is 184 Å². The summed E-state index contributed by atoms with van der Waals surface area (Å²) < 4.78 is 13.4. The average molecular weight is 430 g/mol. The fourth-order valence-electron chi connectivity index (χ4n) is 5.38. The van der Waals surface area contributed by atoms with Gasteiger partial charge < -0.3 is 14.0 Å². The molecule has 2 saturated carbocycles. The van der Waals surface area contributed by atoms with Gasteiger partial charge >= 0.3 is 0 Å². The summed E-state index contributed by atoms with van der Waals surface area (Å²) in [4.78, 5) is 13.1. The zero-order valence-electron chi connectivity index (χ0n) is 18.3. The molecule has 0 atom stereocenters. The van der Waals surface area contributed by atoms with Crippen molar-refractivity contribution in [3.63, 3.8) is 0 Å². The van der Waals surface area contributed by atoms with Crippen LogP contribution < -0.4 is 14.9 Å². The number of methoxy groups -OCH3 is 2. The Bertz CT molecular complexity index is 969. The normalized spacial score (nSPS) is 18.0. The van der Waals surface area contributed by atoms with Gasteiger partial charge in [-0.3, -0.25) is 4.79 Å². The summed E-state index contributed by atoms with van der Waals surface area (Å²) in [6.07, 6.45) is 10.6. The third-order valence-electron chi connectivity index (χ3n) is 6.99. The van der Waals surface area contributed by atoms with Gasteiger partial charge in [0.1, 0.15) is 16.5 Å². The fraction of sp³-hybridized carbons (Fsp3) is 0.560. The van der Waals surface area contributed by atoms with Crippen LogP contribution in [-0.4, -0.2) is 18.8 Å². The third kappa shape index (κ3) is 3.87. The van der Waals surface area contributed by atoms with E-state index in [1.54, 1.807) is 14.2 Å². The van der Waals surface area contributed by atoms with Crippen molar-refractivity contribution >= 4 is 11.6 Å². The van der Waals surface area contributed by atoms with Gasteiger partial charge in [-0.2, -0.15) is 0 Å². The van der Waals surface area contributed by atoms with Gasteiger partial charge in [-0.25, -0.2) is 0 Å². The molecule has 1 heterocycles. The van der Waals surface area contributed by atoms with Crippen molar-refractivity contribution < 1.29 is 9.47 Å². The minimum atomic E-state index is 0.153. The van der Waals surface area contributed by atoms with Crippen molar-refractivity contribution in [2.75, 3.05) is 14.2 Å². The zero-order valence-corrected chi connectivity index (χ0v) is 19.1. The number of hydrogen-bond acceptors (Lipinski definition) is 3. The van der Waals surface area contributed by atoms with Crippen LogP contribution in [0.2, 0.25) is 5.02 Å². The molecule has 0 amide bonds. The van der Waals surface area contributed by atoms with E-state index in [1.807, 2.05) is 25.1 Å². The lowest BCUT2D eigenvalue weighted by atomic mass is 9.84. The molecule has 1 aromatic carbocycles. The van der Waals surface area contributed by atoms with Crippen LogP contribution in [0.4, 0.5) is 0 Å². The van der Waals surface area contributed by atoms with Gasteiger partial charge in [0.15, 0.2) is 5.43 Å². The van der Waals surface area contributed by atoms with Crippen LogP contribution >= 0.6 is 11.6 Å². The molecular weight excluding hydrogens is 398 g/mol. The molecule has 0 bridgehead atoms. The van der Waals surface area contributed by atoms with Crippen LogP contribution in [0.15, 0.2) is 23.0 Å². The minimum Gasteiger partial charge on any atom is -0.497 e. The maximum Gasteiger partial charge on any atom is 0.185 e. The maximum absolute atomic E-state index is 13.1. The van der Waals surface area contributed by atoms with Gasteiger partial charge in [0.2, 0.25) is 0 Å². The molecular formula is C25H32ClNO3. The van der Waals surface area contributed by atoms with E-state index in [2.05, 4.69) is 4.57 Å². The van der Waals surface area contributed by atoms with E-state index >= 15 is 0 Å². The summed E-state index contributed by atoms with van der Waals surface area (Å²) in [5, 5.41) is 0.567. The molecule has 4 nitrogen and oxygen atoms in total. The number of rotatable bonds is 5. The molecule has 0 saturated heterocycles. The highest BCUT2D eigenvalue weighted by atomic mass is 35.5. The fourth-order valence-corrected chi connectivity index (χ4v) is 5.65. The number of ether oxygens (including phenoxy) is 2. The predicted molar refractivity (Wildman–Crippen MR) is 122 cm³/mol. The summed E-state index contributed by atoms with van der Waals surface area (Å²) in [5.41, 5.74) is 4.10. The Kier molecular flexibility index (Phi) is 6.43. The van der Waals surface area contributed by atoms with E-state index in [0.717, 1.165) is 48.3 Å². The summed E-state index contributed by atoms with van der Waals surface area (Å²) in [6, 6.07) is 5.66. The minimum absolute atomic E-state index is 0.153. The van der Waals surface area contributed by atoms with Crippen molar-refractivity contribution in [3.05, 3.63) is 50.4 Å². The standard InChI is InChI=1S/C25H32ClNO3/c1-16-22(28)15-20(17-9-7-8-10-17)27(25(16)18-11-5-4-6-12-18)21-13-19(29-2)14-23(30-3)24(21)26/h13-15,17-18H,4-12H2,1-3H3. The SMILES string of the molecule is COc1cc(OC)c(Cl)c(-n2c(C3CCCC3)cc(=O)c(C)c2C2CCCCC2)c1. The molecule has 2 aromatic rings. The van der Waals surface area contributed by atoms with Crippen LogP contribution in [0.5, 0.6) is 11.5 Å². The molecule has 0 spiro atoms. The smallest absolute Gasteiger partial charge is 0.185 e. The van der Waals surface area contributed by atoms with Gasteiger partial charge in [-0.05, 0) is 44.4 Å². The summed E-state index contributed by atoms with van der Waals surface area (Å²) >= 11 is 6.87. The zero-order chi connectivity index (χ0) is 21.3. The second-order valence-electron chi connectivity index (χ2n) is 8.76. The summed E-state index contributed by atoms with van der Waals surface area (Å²) in [5.74, 6) is 2.05. The van der Waals surface area contributed by atoms with E-state index in [1.165, 1.54) is 32.1 Å². The number of halogens is 1. The first-order valence-electron chi connectivity index (χ1n) is 11.2. The monoisotopic (exact) mass is 429 g/mol. The van der Waals surface area contributed by atoms with E-state index in [9.17, 15) is 4.79 Å². The number of benzene rings is 1. The van der Waals surface area contributed by atoms with Crippen molar-refractivity contribution in [1.82, 2.24) is 4.57 Å². The second kappa shape index (κ2) is 9.05. The maximum atomic E-state index is 13.1. The van der Waals surface area contributed by atoms with Gasteiger partial charge in [0, 0.05) is 35.2 Å². The van der Waals surface area contributed by atoms with E-state index in [0.29, 0.717) is 28.4 Å². The lowest BCUT2D eigenvalue weighted by Crippen LogP contribution is -2.24. The largest absolute Gasteiger partial charge is 0.497 e. The molecule has 0 radical (unpaired) electrons. The van der Waals surface area contributed by atoms with Crippen molar-refractivity contribution in [2.45, 2.75) is 76.5 Å². The first kappa shape index (κ1) is 21.3. The number of pyridine rings is 1. The second-order valence-corrected chi connectivity index (χ2v) is 9.14. The van der Waals surface area contributed by atoms with Gasteiger partial charge in [0.05, 0.1) is 19.9 Å². The topological polar surface area (TPSA) is 40.5 Å². The van der Waals surface area contributed by atoms with Crippen molar-refractivity contribution in [2.24, 2.45) is 0 Å². The Balaban J connectivity index is 2.04. The van der Waals surface area contributed by atoms with Gasteiger partial charge in [-0.15, -0.1) is 0 Å². The first-order valence-corrected chi connectivity index (χ1v) is 11.6. The van der Waals surface area contributed by atoms with E-state index in [4.69, 9.17) is 21.1 Å². The Morgan fingerprint density at radius 3 is 2.17 bits per heavy atom.